The van der Waals surface area contributed by atoms with Crippen LogP contribution in [0.4, 0.5) is 4.39 Å². The van der Waals surface area contributed by atoms with E-state index in [-0.39, 0.29) is 82.0 Å². The van der Waals surface area contributed by atoms with Crippen LogP contribution in [-0.2, 0) is 30.5 Å². The summed E-state index contributed by atoms with van der Waals surface area (Å²) in [5.41, 5.74) is 1.33. The van der Waals surface area contributed by atoms with Crippen LogP contribution in [0.3, 0.4) is 0 Å². The summed E-state index contributed by atoms with van der Waals surface area (Å²) >= 11 is 0. The summed E-state index contributed by atoms with van der Waals surface area (Å²) in [7, 11) is 0. The Morgan fingerprint density at radius 3 is 2.24 bits per heavy atom. The Hall–Kier alpha value is -4.60. The molecule has 5 saturated carbocycles. The van der Waals surface area contributed by atoms with Crippen molar-refractivity contribution >= 4 is 23.6 Å². The van der Waals surface area contributed by atoms with Gasteiger partial charge in [-0.1, -0.05) is 92.6 Å². The summed E-state index contributed by atoms with van der Waals surface area (Å²) in [4.78, 5) is 68.1. The Morgan fingerprint density at radius 1 is 0.853 bits per heavy atom. The van der Waals surface area contributed by atoms with Gasteiger partial charge in [-0.05, 0) is 174 Å². The van der Waals surface area contributed by atoms with E-state index in [1.807, 2.05) is 49.1 Å². The molecule has 6 aliphatic carbocycles. The first-order valence-electron chi connectivity index (χ1n) is 25.9. The Bertz CT molecular complexity index is 2560. The number of allylic oxidation sites excluding steroid dienone is 1. The number of carboxylic acids is 1. The molecule has 1 aromatic heterocycles. The van der Waals surface area contributed by atoms with E-state index in [4.69, 9.17) is 9.72 Å². The van der Waals surface area contributed by atoms with Gasteiger partial charge in [0.1, 0.15) is 18.2 Å². The van der Waals surface area contributed by atoms with E-state index in [0.717, 1.165) is 91.6 Å². The quantitative estimate of drug-likeness (QED) is 0.204. The van der Waals surface area contributed by atoms with Gasteiger partial charge < -0.3 is 19.7 Å². The number of aliphatic carboxylic acids is 1. The van der Waals surface area contributed by atoms with Crippen molar-refractivity contribution in [2.75, 3.05) is 6.54 Å². The molecule has 2 N–H and O–H groups in total. The number of benzene rings is 2. The number of aromatic nitrogens is 2. The zero-order valence-corrected chi connectivity index (χ0v) is 42.0. The first-order chi connectivity index (χ1) is 32.1. The van der Waals surface area contributed by atoms with Crippen molar-refractivity contribution < 1.29 is 33.4 Å². The van der Waals surface area contributed by atoms with Crippen molar-refractivity contribution in [1.29, 1.82) is 0 Å². The molecule has 10 heteroatoms. The highest BCUT2D eigenvalue weighted by atomic mass is 19.1. The van der Waals surface area contributed by atoms with Crippen LogP contribution in [0.25, 0.3) is 11.3 Å². The lowest BCUT2D eigenvalue weighted by Gasteiger charge is -2.74. The predicted octanol–water partition coefficient (Wildman–Crippen LogP) is 12.3. The number of amides is 1. The van der Waals surface area contributed by atoms with Crippen LogP contribution in [0.1, 0.15) is 157 Å². The van der Waals surface area contributed by atoms with E-state index in [9.17, 15) is 23.9 Å². The highest BCUT2D eigenvalue weighted by Gasteiger charge is 2.76. The van der Waals surface area contributed by atoms with Gasteiger partial charge in [-0.15, -0.1) is 0 Å². The zero-order chi connectivity index (χ0) is 48.6. The van der Waals surface area contributed by atoms with Gasteiger partial charge in [0, 0.05) is 13.0 Å². The standard InChI is InChI=1S/C58H74FN3O6/c1-34(2)46-42(63)31-57(50(65)62-29-13-16-41(62)48-60-32-40(61-48)36-17-19-37(59)20-18-36)28-27-55(8)38(47(46)57)21-22-45-54(7)25-23-44(52(3,4)43(54)24-26-56(45,55)9)58(51(66)67)30-39(53(58,5)6)49(64)68-33-35-14-11-10-12-15-35/h10-12,14-15,17-20,32,34,38-39,41,43-45H,13,16,21-31,33H2,1-9H3,(H,60,61)(H,66,67)/t38-,39+,41?,43-,44+,45-,54-,55-,56-,57-,58-/m1/s1. The molecule has 9 nitrogen and oxygen atoms in total. The van der Waals surface area contributed by atoms with Crippen molar-refractivity contribution in [2.45, 2.75) is 152 Å². The molecule has 6 fully saturated rings. The van der Waals surface area contributed by atoms with E-state index in [0.29, 0.717) is 31.2 Å². The first kappa shape index (κ1) is 47.1. The Labute approximate surface area is 402 Å². The summed E-state index contributed by atoms with van der Waals surface area (Å²) in [5, 5.41) is 11.3. The minimum absolute atomic E-state index is 0.00438. The first-order valence-corrected chi connectivity index (χ1v) is 25.9. The number of hydrogen-bond acceptors (Lipinski definition) is 6. The number of rotatable bonds is 9. The van der Waals surface area contributed by atoms with Crippen LogP contribution < -0.4 is 0 Å². The van der Waals surface area contributed by atoms with Gasteiger partial charge in [-0.25, -0.2) is 9.37 Å². The second-order valence-corrected chi connectivity index (χ2v) is 24.9. The average Bonchev–Trinajstić information content (AvgIpc) is 4.05. The van der Waals surface area contributed by atoms with Gasteiger partial charge in [0.2, 0.25) is 5.91 Å². The van der Waals surface area contributed by atoms with E-state index >= 15 is 4.79 Å². The molecule has 1 unspecified atom stereocenters. The fourth-order valence-electron chi connectivity index (χ4n) is 17.9. The average molecular weight is 928 g/mol. The number of aromatic amines is 1. The molecule has 364 valence electrons. The monoisotopic (exact) mass is 928 g/mol. The van der Waals surface area contributed by atoms with Crippen molar-refractivity contribution in [3.05, 3.63) is 89.1 Å². The molecule has 2 aromatic carbocycles. The van der Waals surface area contributed by atoms with Crippen LogP contribution in [0.5, 0.6) is 0 Å². The smallest absolute Gasteiger partial charge is 0.310 e. The maximum atomic E-state index is 15.6. The van der Waals surface area contributed by atoms with Crippen LogP contribution >= 0.6 is 0 Å². The van der Waals surface area contributed by atoms with Crippen LogP contribution in [-0.4, -0.2) is 50.1 Å². The lowest BCUT2D eigenvalue weighted by Crippen LogP contribution is -2.71. The molecule has 0 bridgehead atoms. The number of esters is 1. The number of nitrogens with zero attached hydrogens (tertiary/aromatic N) is 2. The molecule has 3 aromatic rings. The SMILES string of the molecule is CC(C)C1=C2[C@H]3CC[C@@H]4[C@]5(C)CC[C@H]([C@@]6(C(=O)O)C[C@@H](C(=O)OCc7ccccc7)C6(C)C)C(C)(C)[C@H]5CC[C@@]4(C)[C@]3(C)CC[C@@]2(C(=O)N2CCCC2c2ncc(-c3ccc(F)cc3)[nH]2)CC1=O. The summed E-state index contributed by atoms with van der Waals surface area (Å²) < 4.78 is 19.6. The predicted molar refractivity (Wildman–Crippen MR) is 259 cm³/mol. The van der Waals surface area contributed by atoms with E-state index in [1.165, 1.54) is 12.1 Å². The van der Waals surface area contributed by atoms with E-state index in [1.54, 1.807) is 18.3 Å². The fourth-order valence-corrected chi connectivity index (χ4v) is 17.9. The Morgan fingerprint density at radius 2 is 1.56 bits per heavy atom. The number of nitrogens with one attached hydrogen (secondary N) is 1. The van der Waals surface area contributed by atoms with E-state index < -0.39 is 28.1 Å². The number of ketones is 1. The number of H-pyrrole nitrogens is 1. The van der Waals surface area contributed by atoms with Gasteiger partial charge in [-0.2, -0.15) is 0 Å². The van der Waals surface area contributed by atoms with Crippen LogP contribution in [0, 0.1) is 79.2 Å². The molecular weight excluding hydrogens is 854 g/mol. The van der Waals surface area contributed by atoms with Crippen LogP contribution in [0.2, 0.25) is 0 Å². The number of imidazole rings is 1. The number of carboxylic acid groups (broad SMARTS) is 1. The highest BCUT2D eigenvalue weighted by molar-refractivity contribution is 6.07. The number of carbonyl (C=O) groups excluding carboxylic acids is 3. The highest BCUT2D eigenvalue weighted by Crippen LogP contribution is 2.79. The second kappa shape index (κ2) is 16.0. The number of ether oxygens (including phenoxy) is 1. The van der Waals surface area contributed by atoms with Crippen LogP contribution in [0.15, 0.2) is 71.9 Å². The molecule has 1 aliphatic heterocycles. The molecule has 68 heavy (non-hydrogen) atoms. The normalized spacial score (nSPS) is 38.0. The number of fused-ring (bicyclic) bond motifs is 7. The summed E-state index contributed by atoms with van der Waals surface area (Å²) in [5.74, 6) is -0.226. The number of Topliss-reactive ketones (excluding diaryl/α,β-unsaturated/α-hetero) is 1. The number of hydrogen-bond donors (Lipinski definition) is 2. The van der Waals surface area contributed by atoms with Crippen molar-refractivity contribution in [3.63, 3.8) is 0 Å². The molecule has 7 aliphatic rings. The third-order valence-corrected chi connectivity index (χ3v) is 21.5. The van der Waals surface area contributed by atoms with Crippen molar-refractivity contribution in [3.8, 4) is 11.3 Å². The van der Waals surface area contributed by atoms with Gasteiger partial charge in [-0.3, -0.25) is 19.2 Å². The lowest BCUT2D eigenvalue weighted by molar-refractivity contribution is -0.261. The fraction of sp³-hybridized carbons (Fsp3) is 0.638. The second-order valence-electron chi connectivity index (χ2n) is 24.9. The molecule has 0 spiro atoms. The summed E-state index contributed by atoms with van der Waals surface area (Å²) in [6.07, 6.45) is 11.2. The van der Waals surface area contributed by atoms with Crippen molar-refractivity contribution in [1.82, 2.24) is 14.9 Å². The third kappa shape index (κ3) is 6.38. The summed E-state index contributed by atoms with van der Waals surface area (Å²) in [6, 6.07) is 15.8. The number of likely N-dealkylation sites (tertiary alicyclic amines) is 1. The largest absolute Gasteiger partial charge is 0.481 e. The number of carbonyl (C=O) groups is 4. The van der Waals surface area contributed by atoms with Gasteiger partial charge in [0.25, 0.3) is 0 Å². The van der Waals surface area contributed by atoms with Gasteiger partial charge >= 0.3 is 11.9 Å². The minimum atomic E-state index is -1.05. The van der Waals surface area contributed by atoms with Gasteiger partial charge in [0.15, 0.2) is 5.78 Å². The lowest BCUT2D eigenvalue weighted by atomic mass is 9.29. The molecule has 1 amide bonds. The van der Waals surface area contributed by atoms with E-state index in [2.05, 4.69) is 53.5 Å². The zero-order valence-electron chi connectivity index (χ0n) is 42.0. The molecular formula is C58H74FN3O6. The minimum Gasteiger partial charge on any atom is -0.481 e. The maximum Gasteiger partial charge on any atom is 0.310 e. The molecule has 2 heterocycles. The van der Waals surface area contributed by atoms with Crippen molar-refractivity contribution in [2.24, 2.45) is 73.4 Å². The molecule has 1 saturated heterocycles. The molecule has 0 radical (unpaired) electrons. The molecule has 11 atom stereocenters. The Balaban J connectivity index is 0.924. The maximum absolute atomic E-state index is 15.6. The van der Waals surface area contributed by atoms with Gasteiger partial charge in [0.05, 0.1) is 34.7 Å². The topological polar surface area (TPSA) is 130 Å². The Kier molecular flexibility index (Phi) is 11.1. The summed E-state index contributed by atoms with van der Waals surface area (Å²) in [6.45, 7) is 21.3. The molecule has 10 rings (SSSR count). The third-order valence-electron chi connectivity index (χ3n) is 21.5. The number of halogens is 1.